The van der Waals surface area contributed by atoms with E-state index in [2.05, 4.69) is 32.9 Å². The van der Waals surface area contributed by atoms with Gasteiger partial charge < -0.3 is 5.11 Å². The average Bonchev–Trinajstić information content (AvgIpc) is 2.97. The summed E-state index contributed by atoms with van der Waals surface area (Å²) in [6.45, 7) is 6.94. The Morgan fingerprint density at radius 2 is 0.738 bits per heavy atom. The van der Waals surface area contributed by atoms with E-state index in [4.69, 9.17) is 0 Å². The number of carboxylic acid groups (broad SMARTS) is 1. The molecule has 0 aromatic heterocycles. The van der Waals surface area contributed by atoms with Gasteiger partial charge in [0.1, 0.15) is 0 Å². The lowest BCUT2D eigenvalue weighted by molar-refractivity contribution is -0.142. The molecule has 1 unspecified atom stereocenters. The molecule has 0 aliphatic rings. The molecule has 1 atom stereocenters. The molecule has 2 nitrogen and oxygen atoms in total. The minimum Gasteiger partial charge on any atom is -0.481 e. The molecule has 2 heteroatoms. The van der Waals surface area contributed by atoms with Gasteiger partial charge in [-0.15, -0.1) is 0 Å². The fourth-order valence-electron chi connectivity index (χ4n) is 6.27. The predicted molar refractivity (Wildman–Crippen MR) is 189 cm³/mol. The molecular weight excluding hydrogens is 512 g/mol. The van der Waals surface area contributed by atoms with Crippen molar-refractivity contribution in [2.24, 2.45) is 11.8 Å². The van der Waals surface area contributed by atoms with E-state index in [0.29, 0.717) is 0 Å². The second-order valence-corrected chi connectivity index (χ2v) is 14.0. The van der Waals surface area contributed by atoms with Crippen LogP contribution in [0.5, 0.6) is 0 Å². The van der Waals surface area contributed by atoms with Gasteiger partial charge in [0, 0.05) is 0 Å². The Kier molecular flexibility index (Phi) is 34.0. The summed E-state index contributed by atoms with van der Waals surface area (Å²) < 4.78 is 0. The Morgan fingerprint density at radius 3 is 1.05 bits per heavy atom. The van der Waals surface area contributed by atoms with Gasteiger partial charge in [-0.25, -0.2) is 0 Å². The summed E-state index contributed by atoms with van der Waals surface area (Å²) in [5.41, 5.74) is 0. The van der Waals surface area contributed by atoms with Gasteiger partial charge in [0.05, 0.1) is 5.92 Å². The van der Waals surface area contributed by atoms with Gasteiger partial charge in [-0.05, 0) is 44.4 Å². The van der Waals surface area contributed by atoms with E-state index in [-0.39, 0.29) is 5.92 Å². The van der Waals surface area contributed by atoms with Crippen LogP contribution >= 0.6 is 0 Å². The van der Waals surface area contributed by atoms with Crippen molar-refractivity contribution in [2.45, 2.75) is 226 Å². The number of rotatable bonds is 35. The summed E-state index contributed by atoms with van der Waals surface area (Å²) in [6.07, 6.45) is 46.9. The smallest absolute Gasteiger partial charge is 0.306 e. The quantitative estimate of drug-likeness (QED) is 0.0588. The number of carbonyl (C=O) groups is 1. The summed E-state index contributed by atoms with van der Waals surface area (Å²) >= 11 is 0. The largest absolute Gasteiger partial charge is 0.481 e. The van der Waals surface area contributed by atoms with Crippen LogP contribution in [-0.2, 0) is 4.79 Å². The zero-order chi connectivity index (χ0) is 30.8. The van der Waals surface area contributed by atoms with Crippen LogP contribution in [0.15, 0.2) is 12.2 Å². The lowest BCUT2D eigenvalue weighted by atomic mass is 9.94. The molecule has 0 fully saturated rings. The van der Waals surface area contributed by atoms with Crippen molar-refractivity contribution in [3.05, 3.63) is 12.2 Å². The fraction of sp³-hybridized carbons (Fsp3) is 0.925. The van der Waals surface area contributed by atoms with Crippen LogP contribution in [0.25, 0.3) is 0 Å². The first-order chi connectivity index (χ1) is 20.6. The minimum absolute atomic E-state index is 0.107. The van der Waals surface area contributed by atoms with Crippen LogP contribution in [0.3, 0.4) is 0 Å². The van der Waals surface area contributed by atoms with E-state index in [1.54, 1.807) is 0 Å². The number of carboxylic acids is 1. The molecule has 250 valence electrons. The minimum atomic E-state index is -0.559. The van der Waals surface area contributed by atoms with Crippen molar-refractivity contribution < 1.29 is 9.90 Å². The molecule has 0 radical (unpaired) electrons. The first kappa shape index (κ1) is 41.2. The van der Waals surface area contributed by atoms with E-state index in [0.717, 1.165) is 31.6 Å². The number of hydrogen-bond donors (Lipinski definition) is 1. The topological polar surface area (TPSA) is 37.3 Å². The van der Waals surface area contributed by atoms with Gasteiger partial charge in [0.25, 0.3) is 0 Å². The van der Waals surface area contributed by atoms with Crippen molar-refractivity contribution in [1.29, 1.82) is 0 Å². The van der Waals surface area contributed by atoms with Crippen LogP contribution in [0.2, 0.25) is 0 Å². The lowest BCUT2D eigenvalue weighted by Gasteiger charge is -2.12. The Bertz CT molecular complexity index is 552. The Labute approximate surface area is 265 Å². The maximum Gasteiger partial charge on any atom is 0.306 e. The average molecular weight is 591 g/mol. The molecule has 0 aromatic carbocycles. The van der Waals surface area contributed by atoms with Crippen molar-refractivity contribution in [3.8, 4) is 0 Å². The number of aliphatic carboxylic acids is 1. The van der Waals surface area contributed by atoms with Crippen LogP contribution in [-0.4, -0.2) is 11.1 Å². The van der Waals surface area contributed by atoms with Gasteiger partial charge in [-0.2, -0.15) is 0 Å². The van der Waals surface area contributed by atoms with Gasteiger partial charge in [-0.1, -0.05) is 200 Å². The highest BCUT2D eigenvalue weighted by molar-refractivity contribution is 5.69. The van der Waals surface area contributed by atoms with E-state index in [1.165, 1.54) is 180 Å². The zero-order valence-electron chi connectivity index (χ0n) is 29.3. The molecule has 0 aromatic rings. The van der Waals surface area contributed by atoms with Gasteiger partial charge in [0.2, 0.25) is 0 Å². The molecule has 0 spiro atoms. The van der Waals surface area contributed by atoms with Crippen molar-refractivity contribution >= 4 is 5.97 Å². The molecule has 0 saturated carbocycles. The van der Waals surface area contributed by atoms with Gasteiger partial charge in [0.15, 0.2) is 0 Å². The molecule has 42 heavy (non-hydrogen) atoms. The van der Waals surface area contributed by atoms with Crippen LogP contribution < -0.4 is 0 Å². The molecule has 0 bridgehead atoms. The summed E-state index contributed by atoms with van der Waals surface area (Å²) in [5, 5.41) is 9.64. The molecule has 0 aliphatic heterocycles. The highest BCUT2D eigenvalue weighted by Crippen LogP contribution is 2.20. The van der Waals surface area contributed by atoms with E-state index >= 15 is 0 Å². The third-order valence-electron chi connectivity index (χ3n) is 9.25. The standard InChI is InChI=1S/C40H78O2/c1-4-5-6-7-8-9-10-11-12-13-14-15-18-21-24-27-30-33-36-39(40(41)42)37-34-31-28-25-22-19-16-17-20-23-26-29-32-35-38(2)3/h11-12,38-39H,4-10,13-37H2,1-3H3,(H,41,42)/b12-11-. The van der Waals surface area contributed by atoms with Gasteiger partial charge in [-0.3, -0.25) is 4.79 Å². The number of hydrogen-bond acceptors (Lipinski definition) is 1. The summed E-state index contributed by atoms with van der Waals surface area (Å²) in [4.78, 5) is 11.7. The maximum atomic E-state index is 11.7. The van der Waals surface area contributed by atoms with Crippen LogP contribution in [0.1, 0.15) is 226 Å². The summed E-state index contributed by atoms with van der Waals surface area (Å²) in [5.74, 6) is 0.200. The van der Waals surface area contributed by atoms with Gasteiger partial charge >= 0.3 is 5.97 Å². The molecule has 1 N–H and O–H groups in total. The molecule has 0 heterocycles. The second-order valence-electron chi connectivity index (χ2n) is 14.0. The third kappa shape index (κ3) is 33.7. The van der Waals surface area contributed by atoms with Crippen molar-refractivity contribution in [2.75, 3.05) is 0 Å². The monoisotopic (exact) mass is 591 g/mol. The van der Waals surface area contributed by atoms with E-state index in [9.17, 15) is 9.90 Å². The Hall–Kier alpha value is -0.790. The fourth-order valence-corrected chi connectivity index (χ4v) is 6.27. The molecule has 0 amide bonds. The summed E-state index contributed by atoms with van der Waals surface area (Å²) in [6, 6.07) is 0. The van der Waals surface area contributed by atoms with Crippen LogP contribution in [0.4, 0.5) is 0 Å². The van der Waals surface area contributed by atoms with Crippen molar-refractivity contribution in [1.82, 2.24) is 0 Å². The molecular formula is C40H78O2. The first-order valence-corrected chi connectivity index (χ1v) is 19.5. The first-order valence-electron chi connectivity index (χ1n) is 19.5. The highest BCUT2D eigenvalue weighted by atomic mass is 16.4. The number of unbranched alkanes of at least 4 members (excludes halogenated alkanes) is 26. The third-order valence-corrected chi connectivity index (χ3v) is 9.25. The van der Waals surface area contributed by atoms with E-state index < -0.39 is 5.97 Å². The Morgan fingerprint density at radius 1 is 0.452 bits per heavy atom. The summed E-state index contributed by atoms with van der Waals surface area (Å²) in [7, 11) is 0. The highest BCUT2D eigenvalue weighted by Gasteiger charge is 2.16. The van der Waals surface area contributed by atoms with E-state index in [1.807, 2.05) is 0 Å². The van der Waals surface area contributed by atoms with Crippen molar-refractivity contribution in [3.63, 3.8) is 0 Å². The maximum absolute atomic E-state index is 11.7. The molecule has 0 saturated heterocycles. The SMILES string of the molecule is CCCCCCCC/C=C\CCCCCCCCCCC(CCCCCCCCCCCCCCCC(C)C)C(=O)O. The zero-order valence-corrected chi connectivity index (χ0v) is 29.3. The lowest BCUT2D eigenvalue weighted by Crippen LogP contribution is -2.13. The predicted octanol–water partition coefficient (Wildman–Crippen LogP) is 14.4. The molecule has 0 rings (SSSR count). The second kappa shape index (κ2) is 34.7. The normalized spacial score (nSPS) is 12.6. The number of allylic oxidation sites excluding steroid dienone is 2. The molecule has 0 aliphatic carbocycles. The Balaban J connectivity index is 3.41. The van der Waals surface area contributed by atoms with Crippen LogP contribution in [0, 0.1) is 11.8 Å².